The number of hydrogen-bond acceptors (Lipinski definition) is 2. The second-order valence-electron chi connectivity index (χ2n) is 5.87. The standard InChI is InChI=1S/C17H28N2/c18-12-7-13-19(14-16-8-3-1-4-9-16)15-17-10-5-2-6-11-17/h1,3-4,8-9,17H,2,5-7,10-15,18H2. The molecular weight excluding hydrogens is 232 g/mol. The fraction of sp³-hybridized carbons (Fsp3) is 0.647. The average Bonchev–Trinajstić information content (AvgIpc) is 2.47. The summed E-state index contributed by atoms with van der Waals surface area (Å²) in [4.78, 5) is 2.61. The van der Waals surface area contributed by atoms with Gasteiger partial charge in [0.15, 0.2) is 0 Å². The minimum atomic E-state index is 0.802. The summed E-state index contributed by atoms with van der Waals surface area (Å²) in [6, 6.07) is 10.8. The van der Waals surface area contributed by atoms with Crippen molar-refractivity contribution in [1.82, 2.24) is 4.90 Å². The Balaban J connectivity index is 1.87. The van der Waals surface area contributed by atoms with Gasteiger partial charge in [-0.2, -0.15) is 0 Å². The molecule has 0 unspecified atom stereocenters. The molecule has 1 aromatic rings. The van der Waals surface area contributed by atoms with Gasteiger partial charge in [-0.05, 0) is 43.8 Å². The van der Waals surface area contributed by atoms with E-state index < -0.39 is 0 Å². The van der Waals surface area contributed by atoms with Crippen LogP contribution in [0.5, 0.6) is 0 Å². The van der Waals surface area contributed by atoms with E-state index in [1.807, 2.05) is 0 Å². The van der Waals surface area contributed by atoms with E-state index in [2.05, 4.69) is 35.2 Å². The first kappa shape index (κ1) is 14.5. The van der Waals surface area contributed by atoms with Gasteiger partial charge in [-0.15, -0.1) is 0 Å². The van der Waals surface area contributed by atoms with Gasteiger partial charge < -0.3 is 5.73 Å². The third-order valence-corrected chi connectivity index (χ3v) is 4.17. The third-order valence-electron chi connectivity index (χ3n) is 4.17. The van der Waals surface area contributed by atoms with E-state index in [4.69, 9.17) is 5.73 Å². The van der Waals surface area contributed by atoms with Crippen LogP contribution in [0.3, 0.4) is 0 Å². The highest BCUT2D eigenvalue weighted by Crippen LogP contribution is 2.25. The minimum absolute atomic E-state index is 0.802. The van der Waals surface area contributed by atoms with Gasteiger partial charge in [0.2, 0.25) is 0 Å². The molecule has 2 N–H and O–H groups in total. The van der Waals surface area contributed by atoms with Gasteiger partial charge in [0.05, 0.1) is 0 Å². The summed E-state index contributed by atoms with van der Waals surface area (Å²) in [5.41, 5.74) is 7.10. The Kier molecular flexibility index (Phi) is 6.38. The molecule has 1 fully saturated rings. The molecule has 0 spiro atoms. The summed E-state index contributed by atoms with van der Waals surface area (Å²) >= 11 is 0. The lowest BCUT2D eigenvalue weighted by molar-refractivity contribution is 0.193. The fourth-order valence-corrected chi connectivity index (χ4v) is 3.13. The quantitative estimate of drug-likeness (QED) is 0.814. The summed E-state index contributed by atoms with van der Waals surface area (Å²) in [5.74, 6) is 0.912. The summed E-state index contributed by atoms with van der Waals surface area (Å²) in [6.45, 7) is 4.28. The maximum Gasteiger partial charge on any atom is 0.0233 e. The van der Waals surface area contributed by atoms with E-state index in [1.54, 1.807) is 0 Å². The zero-order chi connectivity index (χ0) is 13.3. The maximum absolute atomic E-state index is 5.68. The molecule has 0 radical (unpaired) electrons. The Labute approximate surface area is 118 Å². The Bertz CT molecular complexity index is 330. The molecule has 1 aliphatic rings. The number of nitrogens with two attached hydrogens (primary N) is 1. The molecule has 2 nitrogen and oxygen atoms in total. The SMILES string of the molecule is NCCCN(Cc1ccccc1)CC1CCCCC1. The van der Waals surface area contributed by atoms with Crippen LogP contribution in [0, 0.1) is 5.92 Å². The van der Waals surface area contributed by atoms with Crippen LogP contribution in [0.2, 0.25) is 0 Å². The van der Waals surface area contributed by atoms with E-state index in [0.717, 1.165) is 32.0 Å². The number of rotatable bonds is 7. The monoisotopic (exact) mass is 260 g/mol. The first-order chi connectivity index (χ1) is 9.38. The van der Waals surface area contributed by atoms with Crippen molar-refractivity contribution in [1.29, 1.82) is 0 Å². The molecule has 2 heteroatoms. The second kappa shape index (κ2) is 8.34. The summed E-state index contributed by atoms with van der Waals surface area (Å²) in [7, 11) is 0. The second-order valence-corrected chi connectivity index (χ2v) is 5.87. The molecule has 1 aliphatic carbocycles. The van der Waals surface area contributed by atoms with Crippen LogP contribution in [0.4, 0.5) is 0 Å². The highest BCUT2D eigenvalue weighted by Gasteiger charge is 2.17. The molecule has 0 aromatic heterocycles. The van der Waals surface area contributed by atoms with Gasteiger partial charge in [0, 0.05) is 13.1 Å². The zero-order valence-corrected chi connectivity index (χ0v) is 12.1. The Morgan fingerprint density at radius 1 is 1.05 bits per heavy atom. The van der Waals surface area contributed by atoms with Crippen LogP contribution in [0.1, 0.15) is 44.1 Å². The first-order valence-corrected chi connectivity index (χ1v) is 7.85. The highest BCUT2D eigenvalue weighted by atomic mass is 15.1. The first-order valence-electron chi connectivity index (χ1n) is 7.85. The van der Waals surface area contributed by atoms with Crippen LogP contribution in [0.15, 0.2) is 30.3 Å². The van der Waals surface area contributed by atoms with Gasteiger partial charge in [-0.1, -0.05) is 49.6 Å². The lowest BCUT2D eigenvalue weighted by Gasteiger charge is -2.29. The van der Waals surface area contributed by atoms with Crippen molar-refractivity contribution in [2.75, 3.05) is 19.6 Å². The van der Waals surface area contributed by atoms with E-state index in [1.165, 1.54) is 44.2 Å². The van der Waals surface area contributed by atoms with Crippen LogP contribution >= 0.6 is 0 Å². The summed E-state index contributed by atoms with van der Waals surface area (Å²) in [5, 5.41) is 0. The van der Waals surface area contributed by atoms with Crippen molar-refractivity contribution in [2.24, 2.45) is 11.7 Å². The van der Waals surface area contributed by atoms with E-state index >= 15 is 0 Å². The average molecular weight is 260 g/mol. The van der Waals surface area contributed by atoms with Crippen LogP contribution < -0.4 is 5.73 Å². The molecule has 0 saturated heterocycles. The zero-order valence-electron chi connectivity index (χ0n) is 12.1. The van der Waals surface area contributed by atoms with Crippen LogP contribution in [0.25, 0.3) is 0 Å². The molecule has 2 rings (SSSR count). The van der Waals surface area contributed by atoms with Gasteiger partial charge in [-0.3, -0.25) is 4.90 Å². The lowest BCUT2D eigenvalue weighted by atomic mass is 9.89. The maximum atomic E-state index is 5.68. The summed E-state index contributed by atoms with van der Waals surface area (Å²) < 4.78 is 0. The summed E-state index contributed by atoms with van der Waals surface area (Å²) in [6.07, 6.45) is 8.26. The normalized spacial score (nSPS) is 16.9. The molecule has 106 valence electrons. The highest BCUT2D eigenvalue weighted by molar-refractivity contribution is 5.14. The lowest BCUT2D eigenvalue weighted by Crippen LogP contribution is -2.32. The molecule has 0 aliphatic heterocycles. The Morgan fingerprint density at radius 2 is 1.79 bits per heavy atom. The van der Waals surface area contributed by atoms with Gasteiger partial charge in [0.1, 0.15) is 0 Å². The molecule has 1 aromatic carbocycles. The van der Waals surface area contributed by atoms with Crippen LogP contribution in [-0.2, 0) is 6.54 Å². The topological polar surface area (TPSA) is 29.3 Å². The molecule has 19 heavy (non-hydrogen) atoms. The van der Waals surface area contributed by atoms with Crippen LogP contribution in [-0.4, -0.2) is 24.5 Å². The fourth-order valence-electron chi connectivity index (χ4n) is 3.13. The minimum Gasteiger partial charge on any atom is -0.330 e. The molecule has 1 saturated carbocycles. The molecule has 0 amide bonds. The van der Waals surface area contributed by atoms with Crippen molar-refractivity contribution in [3.63, 3.8) is 0 Å². The van der Waals surface area contributed by atoms with E-state index in [-0.39, 0.29) is 0 Å². The Hall–Kier alpha value is -0.860. The van der Waals surface area contributed by atoms with Crippen molar-refractivity contribution in [3.8, 4) is 0 Å². The smallest absolute Gasteiger partial charge is 0.0233 e. The van der Waals surface area contributed by atoms with Crippen molar-refractivity contribution in [2.45, 2.75) is 45.1 Å². The van der Waals surface area contributed by atoms with E-state index in [9.17, 15) is 0 Å². The van der Waals surface area contributed by atoms with Gasteiger partial charge >= 0.3 is 0 Å². The number of benzene rings is 1. The third kappa shape index (κ3) is 5.33. The predicted molar refractivity (Wildman–Crippen MR) is 82.0 cm³/mol. The molecular formula is C17H28N2. The molecule has 0 atom stereocenters. The molecule has 0 heterocycles. The van der Waals surface area contributed by atoms with E-state index in [0.29, 0.717) is 0 Å². The van der Waals surface area contributed by atoms with Crippen molar-refractivity contribution < 1.29 is 0 Å². The number of nitrogens with zero attached hydrogens (tertiary/aromatic N) is 1. The largest absolute Gasteiger partial charge is 0.330 e. The van der Waals surface area contributed by atoms with Crippen molar-refractivity contribution in [3.05, 3.63) is 35.9 Å². The number of hydrogen-bond donors (Lipinski definition) is 1. The van der Waals surface area contributed by atoms with Gasteiger partial charge in [0.25, 0.3) is 0 Å². The molecule has 0 bridgehead atoms. The predicted octanol–water partition coefficient (Wildman–Crippen LogP) is 3.42. The van der Waals surface area contributed by atoms with Crippen molar-refractivity contribution >= 4 is 0 Å². The Morgan fingerprint density at radius 3 is 2.47 bits per heavy atom. The van der Waals surface area contributed by atoms with Gasteiger partial charge in [-0.25, -0.2) is 0 Å².